The van der Waals surface area contributed by atoms with Crippen LogP contribution in [0.2, 0.25) is 0 Å². The molecule has 5 aliphatic rings. The van der Waals surface area contributed by atoms with Gasteiger partial charge in [0.25, 0.3) is 5.92 Å². The van der Waals surface area contributed by atoms with Crippen LogP contribution in [0.15, 0.2) is 59.2 Å². The summed E-state index contributed by atoms with van der Waals surface area (Å²) in [4.78, 5) is 14.4. The van der Waals surface area contributed by atoms with E-state index in [1.165, 1.54) is 17.6 Å². The molecule has 0 amide bonds. The number of hydrogen-bond donors (Lipinski definition) is 0. The molecule has 0 N–H and O–H groups in total. The van der Waals surface area contributed by atoms with E-state index in [0.717, 1.165) is 114 Å². The lowest BCUT2D eigenvalue weighted by Gasteiger charge is -2.31. The molecule has 1 aromatic rings. The number of Topliss-reactive ketones (excluding diaryl/α,β-unsaturated/α-hetero) is 1. The van der Waals surface area contributed by atoms with E-state index >= 15 is 0 Å². The van der Waals surface area contributed by atoms with Crippen molar-refractivity contribution in [2.24, 2.45) is 29.1 Å². The third-order valence-corrected chi connectivity index (χ3v) is 13.0. The van der Waals surface area contributed by atoms with Crippen molar-refractivity contribution in [3.8, 4) is 11.8 Å². The van der Waals surface area contributed by atoms with Gasteiger partial charge in [-0.05, 0) is 143 Å². The Morgan fingerprint density at radius 1 is 0.979 bits per heavy atom. The second-order valence-corrected chi connectivity index (χ2v) is 15.6. The van der Waals surface area contributed by atoms with Crippen molar-refractivity contribution < 1.29 is 18.3 Å². The summed E-state index contributed by atoms with van der Waals surface area (Å²) in [6.07, 6.45) is 22.3. The van der Waals surface area contributed by atoms with Crippen LogP contribution < -0.4 is 4.74 Å². The molecule has 1 aromatic carbocycles. The number of hydrogen-bond acceptors (Lipinski definition) is 3. The SMILES string of the molecule is CCc1ccc(OC2(C#N)CCCC(C3CC4CCCC4(C(=O)CC4CCC5=C(CCC=CC(C(F)(F)CC)=C5)CC4)C3)CC2)cc1. The van der Waals surface area contributed by atoms with Crippen LogP contribution in [-0.4, -0.2) is 17.3 Å². The molecule has 0 bridgehead atoms. The summed E-state index contributed by atoms with van der Waals surface area (Å²) in [7, 11) is 0. The van der Waals surface area contributed by atoms with E-state index in [1.807, 2.05) is 18.2 Å². The van der Waals surface area contributed by atoms with Crippen molar-refractivity contribution in [1.82, 2.24) is 0 Å². The normalized spacial score (nSPS) is 33.0. The smallest absolute Gasteiger partial charge is 0.273 e. The lowest BCUT2D eigenvalue weighted by molar-refractivity contribution is -0.131. The first-order valence-corrected chi connectivity index (χ1v) is 18.9. The number of benzene rings is 1. The molecule has 6 unspecified atom stereocenters. The Balaban J connectivity index is 1.08. The molecule has 5 aliphatic carbocycles. The molecule has 3 nitrogen and oxygen atoms in total. The molecule has 6 rings (SSSR count). The first-order valence-electron chi connectivity index (χ1n) is 18.9. The fourth-order valence-electron chi connectivity index (χ4n) is 10.1. The van der Waals surface area contributed by atoms with E-state index < -0.39 is 11.5 Å². The van der Waals surface area contributed by atoms with Gasteiger partial charge < -0.3 is 4.74 Å². The Kier molecular flexibility index (Phi) is 10.5. The number of fused-ring (bicyclic) bond motifs is 1. The number of nitrogens with zero attached hydrogens (tertiary/aromatic N) is 1. The molecule has 0 saturated heterocycles. The van der Waals surface area contributed by atoms with Crippen molar-refractivity contribution in [3.05, 3.63) is 64.8 Å². The van der Waals surface area contributed by atoms with Crippen LogP contribution in [0, 0.1) is 40.4 Å². The molecule has 3 saturated carbocycles. The van der Waals surface area contributed by atoms with Crippen LogP contribution in [0.1, 0.15) is 135 Å². The average Bonchev–Trinajstić information content (AvgIpc) is 3.50. The zero-order chi connectivity index (χ0) is 33.1. The molecule has 6 atom stereocenters. The van der Waals surface area contributed by atoms with Gasteiger partial charge >= 0.3 is 0 Å². The summed E-state index contributed by atoms with van der Waals surface area (Å²) in [6.45, 7) is 3.69. The van der Waals surface area contributed by atoms with Crippen LogP contribution in [0.4, 0.5) is 8.78 Å². The summed E-state index contributed by atoms with van der Waals surface area (Å²) in [6, 6.07) is 10.8. The van der Waals surface area contributed by atoms with Gasteiger partial charge in [0.15, 0.2) is 5.60 Å². The van der Waals surface area contributed by atoms with Gasteiger partial charge in [0.05, 0.1) is 0 Å². The van der Waals surface area contributed by atoms with Gasteiger partial charge in [-0.1, -0.05) is 50.1 Å². The first-order chi connectivity index (χ1) is 22.7. The minimum Gasteiger partial charge on any atom is -0.472 e. The van der Waals surface area contributed by atoms with Gasteiger partial charge in [-0.25, -0.2) is 8.78 Å². The minimum atomic E-state index is -2.80. The maximum absolute atomic E-state index is 14.7. The number of rotatable bonds is 9. The van der Waals surface area contributed by atoms with Crippen molar-refractivity contribution in [2.75, 3.05) is 0 Å². The molecule has 5 heteroatoms. The highest BCUT2D eigenvalue weighted by Gasteiger charge is 2.55. The largest absolute Gasteiger partial charge is 0.472 e. The molecule has 3 fully saturated rings. The highest BCUT2D eigenvalue weighted by molar-refractivity contribution is 5.86. The van der Waals surface area contributed by atoms with E-state index in [-0.39, 0.29) is 17.4 Å². The molecule has 47 heavy (non-hydrogen) atoms. The predicted octanol–water partition coefficient (Wildman–Crippen LogP) is 11.4. The van der Waals surface area contributed by atoms with E-state index in [9.17, 15) is 18.8 Å². The highest BCUT2D eigenvalue weighted by atomic mass is 19.3. The summed E-state index contributed by atoms with van der Waals surface area (Å²) >= 11 is 0. The number of allylic oxidation sites excluding steroid dienone is 6. The Morgan fingerprint density at radius 2 is 1.77 bits per heavy atom. The Bertz CT molecular complexity index is 1420. The maximum atomic E-state index is 14.7. The van der Waals surface area contributed by atoms with E-state index in [1.54, 1.807) is 19.1 Å². The zero-order valence-corrected chi connectivity index (χ0v) is 28.8. The maximum Gasteiger partial charge on any atom is 0.273 e. The number of aryl methyl sites for hydroxylation is 1. The van der Waals surface area contributed by atoms with Crippen molar-refractivity contribution >= 4 is 5.78 Å². The monoisotopic (exact) mass is 643 g/mol. The molecular formula is C42H55F2NO2. The minimum absolute atomic E-state index is 0.147. The standard InChI is InChI=1S/C42H55F2NO2/c1-3-30-15-19-38(20-16-30)47-40(29-45)22-7-10-33(21-24-40)35-27-36-12-8-23-41(36,28-35)39(46)25-31-13-17-32-9-5-6-11-37(42(43,44)4-2)26-34(32)18-14-31/h6,11,15-16,19-20,26,31,33,35-36H,3-5,7-10,12-14,17-18,21-25,27-28H2,1-2H3. The fourth-order valence-corrected chi connectivity index (χ4v) is 10.1. The Hall–Kier alpha value is -2.74. The van der Waals surface area contributed by atoms with Crippen molar-refractivity contribution in [1.29, 1.82) is 5.26 Å². The Morgan fingerprint density at radius 3 is 2.53 bits per heavy atom. The van der Waals surface area contributed by atoms with Crippen molar-refractivity contribution in [2.45, 2.75) is 147 Å². The van der Waals surface area contributed by atoms with E-state index in [4.69, 9.17) is 4.74 Å². The van der Waals surface area contributed by atoms with Crippen molar-refractivity contribution in [3.63, 3.8) is 0 Å². The van der Waals surface area contributed by atoms with Gasteiger partial charge in [-0.2, -0.15) is 5.26 Å². The van der Waals surface area contributed by atoms with E-state index in [2.05, 4.69) is 25.1 Å². The quantitative estimate of drug-likeness (QED) is 0.252. The second-order valence-electron chi connectivity index (χ2n) is 15.6. The lowest BCUT2D eigenvalue weighted by atomic mass is 9.72. The van der Waals surface area contributed by atoms with E-state index in [0.29, 0.717) is 35.9 Å². The molecular weight excluding hydrogens is 588 g/mol. The van der Waals surface area contributed by atoms with Gasteiger partial charge in [0, 0.05) is 36.7 Å². The fraction of sp³-hybridized carbons (Fsp3) is 0.667. The third-order valence-electron chi connectivity index (χ3n) is 13.0. The predicted molar refractivity (Wildman–Crippen MR) is 184 cm³/mol. The number of ether oxygens (including phenoxy) is 1. The van der Waals surface area contributed by atoms with Gasteiger partial charge in [0.1, 0.15) is 17.6 Å². The number of alkyl halides is 2. The number of nitriles is 1. The number of carbonyl (C=O) groups is 1. The number of ketones is 1. The zero-order valence-electron chi connectivity index (χ0n) is 28.8. The molecule has 0 aliphatic heterocycles. The lowest BCUT2D eigenvalue weighted by Crippen LogP contribution is -2.34. The molecule has 0 radical (unpaired) electrons. The van der Waals surface area contributed by atoms with Crippen LogP contribution in [0.5, 0.6) is 5.75 Å². The molecule has 254 valence electrons. The molecule has 0 heterocycles. The molecule has 0 aromatic heterocycles. The summed E-state index contributed by atoms with van der Waals surface area (Å²) < 4.78 is 35.8. The molecule has 0 spiro atoms. The van der Waals surface area contributed by atoms with Crippen LogP contribution in [0.25, 0.3) is 0 Å². The van der Waals surface area contributed by atoms with Gasteiger partial charge in [-0.15, -0.1) is 0 Å². The summed E-state index contributed by atoms with van der Waals surface area (Å²) in [5, 5.41) is 10.3. The number of carbonyl (C=O) groups excluding carboxylic acids is 1. The van der Waals surface area contributed by atoms with Gasteiger partial charge in [-0.3, -0.25) is 4.79 Å². The summed E-state index contributed by atoms with van der Waals surface area (Å²) in [5.41, 5.74) is 2.91. The highest BCUT2D eigenvalue weighted by Crippen LogP contribution is 2.60. The van der Waals surface area contributed by atoms with Crippen LogP contribution in [0.3, 0.4) is 0 Å². The summed E-state index contributed by atoms with van der Waals surface area (Å²) in [5.74, 6) is 0.406. The second kappa shape index (κ2) is 14.4. The topological polar surface area (TPSA) is 50.1 Å². The van der Waals surface area contributed by atoms with Crippen LogP contribution >= 0.6 is 0 Å². The average molecular weight is 644 g/mol. The first kappa shape index (κ1) is 34.1. The Labute approximate surface area is 281 Å². The third kappa shape index (κ3) is 7.33. The number of halogens is 2. The van der Waals surface area contributed by atoms with Gasteiger partial charge in [0.2, 0.25) is 0 Å². The van der Waals surface area contributed by atoms with Crippen LogP contribution in [-0.2, 0) is 11.2 Å².